The van der Waals surface area contributed by atoms with E-state index in [-0.39, 0.29) is 5.92 Å². The van der Waals surface area contributed by atoms with Crippen molar-refractivity contribution in [1.29, 1.82) is 5.26 Å². The average molecular weight is 316 g/mol. The van der Waals surface area contributed by atoms with Crippen LogP contribution in [0.25, 0.3) is 0 Å². The standard InChI is InChI=1S/C16H14BrNO/c1-19-16-8-2-12(3-9-16)10-14(11-18)13-4-6-15(17)7-5-13/h2-9,14H,10H2,1H3. The molecule has 0 spiro atoms. The third kappa shape index (κ3) is 3.59. The Hall–Kier alpha value is -1.79. The molecule has 0 N–H and O–H groups in total. The highest BCUT2D eigenvalue weighted by atomic mass is 79.9. The molecular weight excluding hydrogens is 302 g/mol. The van der Waals surface area contributed by atoms with Crippen LogP contribution in [0.1, 0.15) is 17.0 Å². The summed E-state index contributed by atoms with van der Waals surface area (Å²) in [5.41, 5.74) is 2.18. The molecule has 0 bridgehead atoms. The zero-order chi connectivity index (χ0) is 13.7. The van der Waals surface area contributed by atoms with Crippen molar-refractivity contribution in [3.8, 4) is 11.8 Å². The predicted molar refractivity (Wildman–Crippen MR) is 79.2 cm³/mol. The maximum atomic E-state index is 9.32. The molecule has 0 saturated heterocycles. The smallest absolute Gasteiger partial charge is 0.118 e. The summed E-state index contributed by atoms with van der Waals surface area (Å²) in [7, 11) is 1.65. The summed E-state index contributed by atoms with van der Waals surface area (Å²) in [6.45, 7) is 0. The van der Waals surface area contributed by atoms with E-state index in [1.807, 2.05) is 48.5 Å². The second-order valence-electron chi connectivity index (χ2n) is 4.29. The lowest BCUT2D eigenvalue weighted by Crippen LogP contribution is -2.00. The minimum absolute atomic E-state index is 0.124. The topological polar surface area (TPSA) is 33.0 Å². The third-order valence-corrected chi connectivity index (χ3v) is 3.56. The SMILES string of the molecule is COc1ccc(CC(C#N)c2ccc(Br)cc2)cc1. The Bertz CT molecular complexity index is 569. The number of rotatable bonds is 4. The van der Waals surface area contributed by atoms with Crippen molar-refractivity contribution in [1.82, 2.24) is 0 Å². The second kappa shape index (κ2) is 6.40. The van der Waals surface area contributed by atoms with E-state index < -0.39 is 0 Å². The molecule has 2 nitrogen and oxygen atoms in total. The van der Waals surface area contributed by atoms with Gasteiger partial charge in [0.05, 0.1) is 19.1 Å². The predicted octanol–water partition coefficient (Wildman–Crippen LogP) is 4.31. The lowest BCUT2D eigenvalue weighted by atomic mass is 9.93. The third-order valence-electron chi connectivity index (χ3n) is 3.03. The number of nitrogens with zero attached hydrogens (tertiary/aromatic N) is 1. The first-order chi connectivity index (χ1) is 9.22. The zero-order valence-corrected chi connectivity index (χ0v) is 12.2. The monoisotopic (exact) mass is 315 g/mol. The number of halogens is 1. The van der Waals surface area contributed by atoms with Crippen LogP contribution in [-0.4, -0.2) is 7.11 Å². The molecular formula is C16H14BrNO. The number of nitriles is 1. The molecule has 1 unspecified atom stereocenters. The molecule has 2 rings (SSSR count). The van der Waals surface area contributed by atoms with Crippen molar-refractivity contribution in [3.63, 3.8) is 0 Å². The number of hydrogen-bond donors (Lipinski definition) is 0. The van der Waals surface area contributed by atoms with Crippen LogP contribution in [-0.2, 0) is 6.42 Å². The molecule has 2 aromatic rings. The Morgan fingerprint density at radius 3 is 2.26 bits per heavy atom. The van der Waals surface area contributed by atoms with E-state index in [9.17, 15) is 5.26 Å². The summed E-state index contributed by atoms with van der Waals surface area (Å²) in [5, 5.41) is 9.32. The highest BCUT2D eigenvalue weighted by molar-refractivity contribution is 9.10. The molecule has 0 radical (unpaired) electrons. The molecule has 2 aromatic carbocycles. The maximum Gasteiger partial charge on any atom is 0.118 e. The fraction of sp³-hybridized carbons (Fsp3) is 0.188. The number of ether oxygens (including phenoxy) is 1. The molecule has 0 aromatic heterocycles. The van der Waals surface area contributed by atoms with Gasteiger partial charge in [-0.05, 0) is 41.8 Å². The fourth-order valence-electron chi connectivity index (χ4n) is 1.93. The number of benzene rings is 2. The zero-order valence-electron chi connectivity index (χ0n) is 10.6. The lowest BCUT2D eigenvalue weighted by Gasteiger charge is -2.10. The normalized spacial score (nSPS) is 11.6. The Kier molecular flexibility index (Phi) is 4.59. The van der Waals surface area contributed by atoms with E-state index in [4.69, 9.17) is 4.74 Å². The van der Waals surface area contributed by atoms with E-state index in [1.54, 1.807) is 7.11 Å². The molecule has 1 atom stereocenters. The Labute approximate surface area is 121 Å². The number of methoxy groups -OCH3 is 1. The second-order valence-corrected chi connectivity index (χ2v) is 5.20. The fourth-order valence-corrected chi connectivity index (χ4v) is 2.19. The van der Waals surface area contributed by atoms with Gasteiger partial charge in [0.1, 0.15) is 5.75 Å². The first kappa shape index (κ1) is 13.6. The summed E-state index contributed by atoms with van der Waals surface area (Å²) >= 11 is 3.40. The van der Waals surface area contributed by atoms with Crippen molar-refractivity contribution in [2.45, 2.75) is 12.3 Å². The largest absolute Gasteiger partial charge is 0.497 e. The van der Waals surface area contributed by atoms with Crippen LogP contribution >= 0.6 is 15.9 Å². The van der Waals surface area contributed by atoms with Gasteiger partial charge in [0.2, 0.25) is 0 Å². The molecule has 0 heterocycles. The molecule has 96 valence electrons. The molecule has 0 aliphatic heterocycles. The van der Waals surface area contributed by atoms with Crippen molar-refractivity contribution in [3.05, 3.63) is 64.1 Å². The maximum absolute atomic E-state index is 9.32. The van der Waals surface area contributed by atoms with Gasteiger partial charge in [-0.3, -0.25) is 0 Å². The minimum atomic E-state index is -0.124. The van der Waals surface area contributed by atoms with Gasteiger partial charge in [0, 0.05) is 4.47 Å². The van der Waals surface area contributed by atoms with Gasteiger partial charge < -0.3 is 4.74 Å². The van der Waals surface area contributed by atoms with Crippen molar-refractivity contribution in [2.75, 3.05) is 7.11 Å². The quantitative estimate of drug-likeness (QED) is 0.842. The summed E-state index contributed by atoms with van der Waals surface area (Å²) in [5.74, 6) is 0.711. The van der Waals surface area contributed by atoms with Crippen molar-refractivity contribution < 1.29 is 4.74 Å². The molecule has 0 amide bonds. The van der Waals surface area contributed by atoms with Crippen LogP contribution in [0.15, 0.2) is 53.0 Å². The Morgan fingerprint density at radius 1 is 1.11 bits per heavy atom. The van der Waals surface area contributed by atoms with Crippen LogP contribution in [0.2, 0.25) is 0 Å². The van der Waals surface area contributed by atoms with Crippen LogP contribution in [0.5, 0.6) is 5.75 Å². The highest BCUT2D eigenvalue weighted by Gasteiger charge is 2.11. The van der Waals surface area contributed by atoms with Gasteiger partial charge in [-0.2, -0.15) is 5.26 Å². The van der Waals surface area contributed by atoms with Gasteiger partial charge >= 0.3 is 0 Å². The van der Waals surface area contributed by atoms with Crippen LogP contribution in [0.4, 0.5) is 0 Å². The van der Waals surface area contributed by atoms with E-state index in [2.05, 4.69) is 22.0 Å². The summed E-state index contributed by atoms with van der Waals surface area (Å²) in [6, 6.07) is 18.1. The van der Waals surface area contributed by atoms with Crippen LogP contribution in [0.3, 0.4) is 0 Å². The first-order valence-corrected chi connectivity index (χ1v) is 6.80. The van der Waals surface area contributed by atoms with Crippen molar-refractivity contribution >= 4 is 15.9 Å². The van der Waals surface area contributed by atoms with E-state index >= 15 is 0 Å². The molecule has 3 heteroatoms. The summed E-state index contributed by atoms with van der Waals surface area (Å²) in [6.07, 6.45) is 0.710. The van der Waals surface area contributed by atoms with E-state index in [0.29, 0.717) is 6.42 Å². The highest BCUT2D eigenvalue weighted by Crippen LogP contribution is 2.23. The molecule has 0 fully saturated rings. The van der Waals surface area contributed by atoms with Gasteiger partial charge in [-0.25, -0.2) is 0 Å². The van der Waals surface area contributed by atoms with Crippen LogP contribution < -0.4 is 4.74 Å². The van der Waals surface area contributed by atoms with Gasteiger partial charge in [0.15, 0.2) is 0 Å². The van der Waals surface area contributed by atoms with E-state index in [1.165, 1.54) is 0 Å². The van der Waals surface area contributed by atoms with Crippen molar-refractivity contribution in [2.24, 2.45) is 0 Å². The first-order valence-electron chi connectivity index (χ1n) is 6.01. The molecule has 0 saturated carbocycles. The Morgan fingerprint density at radius 2 is 1.74 bits per heavy atom. The summed E-state index contributed by atoms with van der Waals surface area (Å²) < 4.78 is 6.15. The van der Waals surface area contributed by atoms with Gasteiger partial charge in [-0.15, -0.1) is 0 Å². The average Bonchev–Trinajstić information content (AvgIpc) is 2.46. The van der Waals surface area contributed by atoms with E-state index in [0.717, 1.165) is 21.3 Å². The van der Waals surface area contributed by atoms with Crippen LogP contribution in [0, 0.1) is 11.3 Å². The Balaban J connectivity index is 2.14. The number of hydrogen-bond acceptors (Lipinski definition) is 2. The lowest BCUT2D eigenvalue weighted by molar-refractivity contribution is 0.414. The molecule has 19 heavy (non-hydrogen) atoms. The summed E-state index contributed by atoms with van der Waals surface area (Å²) in [4.78, 5) is 0. The molecule has 0 aliphatic rings. The van der Waals surface area contributed by atoms with Gasteiger partial charge in [0.25, 0.3) is 0 Å². The molecule has 0 aliphatic carbocycles. The minimum Gasteiger partial charge on any atom is -0.497 e. The van der Waals surface area contributed by atoms with Gasteiger partial charge in [-0.1, -0.05) is 40.2 Å².